The second kappa shape index (κ2) is 4.56. The van der Waals surface area contributed by atoms with Crippen molar-refractivity contribution in [2.24, 2.45) is 0 Å². The first kappa shape index (κ1) is 11.0. The summed E-state index contributed by atoms with van der Waals surface area (Å²) >= 11 is 0. The number of anilines is 2. The first-order chi connectivity index (χ1) is 7.72. The molecule has 3 heteroatoms. The number of benzene rings is 1. The maximum atomic E-state index is 10.4. The quantitative estimate of drug-likeness (QED) is 0.721. The van der Waals surface area contributed by atoms with Gasteiger partial charge in [-0.3, -0.25) is 0 Å². The van der Waals surface area contributed by atoms with Crippen LogP contribution < -0.4 is 9.80 Å². The van der Waals surface area contributed by atoms with E-state index < -0.39 is 0 Å². The molecule has 0 saturated heterocycles. The highest BCUT2D eigenvalue weighted by Crippen LogP contribution is 2.32. The Morgan fingerprint density at radius 3 is 2.56 bits per heavy atom. The Balaban J connectivity index is 2.28. The van der Waals surface area contributed by atoms with Gasteiger partial charge >= 0.3 is 0 Å². The lowest BCUT2D eigenvalue weighted by atomic mass is 10.1. The normalized spacial score (nSPS) is 14.9. The van der Waals surface area contributed by atoms with Crippen molar-refractivity contribution in [2.45, 2.75) is 12.8 Å². The van der Waals surface area contributed by atoms with Gasteiger partial charge in [0.05, 0.1) is 11.4 Å². The van der Waals surface area contributed by atoms with Crippen molar-refractivity contribution in [3.05, 3.63) is 23.8 Å². The fraction of sp³-hybridized carbons (Fsp3) is 0.462. The summed E-state index contributed by atoms with van der Waals surface area (Å²) in [6, 6.07) is 6.48. The highest BCUT2D eigenvalue weighted by Gasteiger charge is 2.17. The number of carbonyl (C=O) groups is 1. The molecule has 0 spiro atoms. The SMILES string of the molecule is CN1CCN(C)c2cc(CCC=O)ccc21. The molecule has 86 valence electrons. The second-order valence-corrected chi connectivity index (χ2v) is 4.37. The van der Waals surface area contributed by atoms with E-state index in [2.05, 4.69) is 42.1 Å². The van der Waals surface area contributed by atoms with Crippen LogP contribution in [-0.4, -0.2) is 33.5 Å². The molecule has 0 amide bonds. The molecule has 3 nitrogen and oxygen atoms in total. The van der Waals surface area contributed by atoms with Crippen molar-refractivity contribution in [2.75, 3.05) is 37.0 Å². The van der Waals surface area contributed by atoms with Crippen molar-refractivity contribution >= 4 is 17.7 Å². The van der Waals surface area contributed by atoms with Crippen molar-refractivity contribution in [3.63, 3.8) is 0 Å². The Morgan fingerprint density at radius 2 is 1.88 bits per heavy atom. The number of carbonyl (C=O) groups excluding carboxylic acids is 1. The number of rotatable bonds is 3. The number of hydrogen-bond acceptors (Lipinski definition) is 3. The first-order valence-corrected chi connectivity index (χ1v) is 5.71. The van der Waals surface area contributed by atoms with E-state index >= 15 is 0 Å². The van der Waals surface area contributed by atoms with Gasteiger partial charge in [-0.1, -0.05) is 6.07 Å². The first-order valence-electron chi connectivity index (χ1n) is 5.71. The molecule has 0 bridgehead atoms. The summed E-state index contributed by atoms with van der Waals surface area (Å²) < 4.78 is 0. The van der Waals surface area contributed by atoms with E-state index in [4.69, 9.17) is 0 Å². The monoisotopic (exact) mass is 218 g/mol. The van der Waals surface area contributed by atoms with Crippen molar-refractivity contribution in [3.8, 4) is 0 Å². The maximum Gasteiger partial charge on any atom is 0.120 e. The molecule has 0 unspecified atom stereocenters. The summed E-state index contributed by atoms with van der Waals surface area (Å²) in [5.74, 6) is 0. The van der Waals surface area contributed by atoms with E-state index in [0.717, 1.165) is 25.8 Å². The van der Waals surface area contributed by atoms with Gasteiger partial charge in [-0.15, -0.1) is 0 Å². The highest BCUT2D eigenvalue weighted by molar-refractivity contribution is 5.73. The molecular formula is C13H18N2O. The molecule has 0 N–H and O–H groups in total. The topological polar surface area (TPSA) is 23.6 Å². The zero-order valence-corrected chi connectivity index (χ0v) is 9.94. The van der Waals surface area contributed by atoms with Crippen LogP contribution in [0.1, 0.15) is 12.0 Å². The van der Waals surface area contributed by atoms with Crippen LogP contribution in [0.2, 0.25) is 0 Å². The molecule has 0 radical (unpaired) electrons. The zero-order chi connectivity index (χ0) is 11.5. The van der Waals surface area contributed by atoms with Gasteiger partial charge in [0.15, 0.2) is 0 Å². The van der Waals surface area contributed by atoms with Crippen LogP contribution in [0.4, 0.5) is 11.4 Å². The molecule has 1 aliphatic rings. The van der Waals surface area contributed by atoms with E-state index in [-0.39, 0.29) is 0 Å². The van der Waals surface area contributed by atoms with Crippen LogP contribution >= 0.6 is 0 Å². The summed E-state index contributed by atoms with van der Waals surface area (Å²) in [6.07, 6.45) is 2.43. The van der Waals surface area contributed by atoms with E-state index in [1.807, 2.05) is 0 Å². The Morgan fingerprint density at radius 1 is 1.19 bits per heavy atom. The lowest BCUT2D eigenvalue weighted by Gasteiger charge is -2.35. The number of aldehydes is 1. The molecule has 0 fully saturated rings. The van der Waals surface area contributed by atoms with Gasteiger partial charge in [-0.05, 0) is 24.1 Å². The van der Waals surface area contributed by atoms with E-state index in [1.165, 1.54) is 16.9 Å². The van der Waals surface area contributed by atoms with E-state index in [1.54, 1.807) is 0 Å². The minimum Gasteiger partial charge on any atom is -0.371 e. The minimum atomic E-state index is 0.609. The molecule has 1 aromatic rings. The van der Waals surface area contributed by atoms with Crippen LogP contribution in [0.3, 0.4) is 0 Å². The van der Waals surface area contributed by atoms with Gasteiger partial charge in [-0.2, -0.15) is 0 Å². The van der Waals surface area contributed by atoms with Crippen LogP contribution in [0.15, 0.2) is 18.2 Å². The summed E-state index contributed by atoms with van der Waals surface area (Å²) in [4.78, 5) is 14.9. The van der Waals surface area contributed by atoms with Gasteiger partial charge in [0, 0.05) is 33.6 Å². The van der Waals surface area contributed by atoms with Crippen LogP contribution in [-0.2, 0) is 11.2 Å². The average Bonchev–Trinajstić information content (AvgIpc) is 2.31. The number of fused-ring (bicyclic) bond motifs is 1. The van der Waals surface area contributed by atoms with Crippen molar-refractivity contribution < 1.29 is 4.79 Å². The zero-order valence-electron chi connectivity index (χ0n) is 9.94. The largest absolute Gasteiger partial charge is 0.371 e. The molecule has 0 saturated carbocycles. The molecule has 0 aliphatic carbocycles. The summed E-state index contributed by atoms with van der Waals surface area (Å²) in [7, 11) is 4.24. The molecule has 1 aromatic carbocycles. The Bertz CT molecular complexity index is 390. The number of likely N-dealkylation sites (N-methyl/N-ethyl adjacent to an activating group) is 2. The molecule has 0 aromatic heterocycles. The van der Waals surface area contributed by atoms with Crippen LogP contribution in [0.25, 0.3) is 0 Å². The van der Waals surface area contributed by atoms with Crippen LogP contribution in [0.5, 0.6) is 0 Å². The molecular weight excluding hydrogens is 200 g/mol. The fourth-order valence-corrected chi connectivity index (χ4v) is 2.12. The molecule has 16 heavy (non-hydrogen) atoms. The molecule has 1 heterocycles. The fourth-order valence-electron chi connectivity index (χ4n) is 2.12. The number of hydrogen-bond donors (Lipinski definition) is 0. The van der Waals surface area contributed by atoms with Gasteiger partial charge < -0.3 is 14.6 Å². The highest BCUT2D eigenvalue weighted by atomic mass is 16.1. The third kappa shape index (κ3) is 2.03. The van der Waals surface area contributed by atoms with Crippen molar-refractivity contribution in [1.29, 1.82) is 0 Å². The Hall–Kier alpha value is -1.51. The average molecular weight is 218 g/mol. The van der Waals surface area contributed by atoms with Crippen LogP contribution in [0, 0.1) is 0 Å². The summed E-state index contributed by atoms with van der Waals surface area (Å²) in [5, 5.41) is 0. The smallest absolute Gasteiger partial charge is 0.120 e. The third-order valence-electron chi connectivity index (χ3n) is 3.18. The Kier molecular flexibility index (Phi) is 3.13. The number of aryl methyl sites for hydroxylation is 1. The predicted molar refractivity (Wildman–Crippen MR) is 67.4 cm³/mol. The summed E-state index contributed by atoms with van der Waals surface area (Å²) in [6.45, 7) is 2.12. The maximum absolute atomic E-state index is 10.4. The standard InChI is InChI=1S/C13H18N2O/c1-14-7-8-15(2)13-10-11(4-3-9-16)5-6-12(13)14/h5-6,9-10H,3-4,7-8H2,1-2H3. The van der Waals surface area contributed by atoms with Gasteiger partial charge in [-0.25, -0.2) is 0 Å². The Labute approximate surface area is 96.7 Å². The van der Waals surface area contributed by atoms with Gasteiger partial charge in [0.1, 0.15) is 6.29 Å². The van der Waals surface area contributed by atoms with Gasteiger partial charge in [0.25, 0.3) is 0 Å². The second-order valence-electron chi connectivity index (χ2n) is 4.37. The summed E-state index contributed by atoms with van der Waals surface area (Å²) in [5.41, 5.74) is 3.80. The number of nitrogens with zero attached hydrogens (tertiary/aromatic N) is 2. The molecule has 0 atom stereocenters. The van der Waals surface area contributed by atoms with Crippen molar-refractivity contribution in [1.82, 2.24) is 0 Å². The molecule has 2 rings (SSSR count). The van der Waals surface area contributed by atoms with E-state index in [9.17, 15) is 4.79 Å². The lowest BCUT2D eigenvalue weighted by molar-refractivity contribution is -0.107. The third-order valence-corrected chi connectivity index (χ3v) is 3.18. The van der Waals surface area contributed by atoms with Gasteiger partial charge in [0.2, 0.25) is 0 Å². The lowest BCUT2D eigenvalue weighted by Crippen LogP contribution is -2.36. The minimum absolute atomic E-state index is 0.609. The van der Waals surface area contributed by atoms with E-state index in [0.29, 0.717) is 6.42 Å². The predicted octanol–water partition coefficient (Wildman–Crippen LogP) is 1.70. The molecule has 1 aliphatic heterocycles.